The highest BCUT2D eigenvalue weighted by Gasteiger charge is 2.21. The van der Waals surface area contributed by atoms with Crippen molar-refractivity contribution < 1.29 is 13.9 Å². The van der Waals surface area contributed by atoms with Crippen LogP contribution in [0.15, 0.2) is 41.0 Å². The third-order valence-electron chi connectivity index (χ3n) is 3.06. The molecule has 19 heavy (non-hydrogen) atoms. The van der Waals surface area contributed by atoms with E-state index >= 15 is 0 Å². The zero-order chi connectivity index (χ0) is 14.0. The van der Waals surface area contributed by atoms with Gasteiger partial charge in [-0.25, -0.2) is 0 Å². The first kappa shape index (κ1) is 13.4. The summed E-state index contributed by atoms with van der Waals surface area (Å²) < 4.78 is 10.4. The number of rotatable bonds is 3. The minimum Gasteiger partial charge on any atom is -0.496 e. The van der Waals surface area contributed by atoms with E-state index in [4.69, 9.17) is 9.15 Å². The van der Waals surface area contributed by atoms with Crippen molar-refractivity contribution in [3.05, 3.63) is 53.5 Å². The average molecular weight is 258 g/mol. The van der Waals surface area contributed by atoms with Crippen molar-refractivity contribution in [1.82, 2.24) is 0 Å². The molecule has 0 saturated heterocycles. The van der Waals surface area contributed by atoms with Crippen LogP contribution in [0.4, 0.5) is 0 Å². The molecule has 2 rings (SSSR count). The van der Waals surface area contributed by atoms with E-state index in [1.807, 2.05) is 18.2 Å². The third kappa shape index (κ3) is 2.70. The lowest BCUT2D eigenvalue weighted by Gasteiger charge is -2.20. The molecule has 1 aromatic carbocycles. The van der Waals surface area contributed by atoms with Gasteiger partial charge in [0, 0.05) is 0 Å². The van der Waals surface area contributed by atoms with Crippen LogP contribution in [0.2, 0.25) is 0 Å². The van der Waals surface area contributed by atoms with Gasteiger partial charge in [-0.1, -0.05) is 26.8 Å². The monoisotopic (exact) mass is 258 g/mol. The number of furan rings is 1. The van der Waals surface area contributed by atoms with Crippen LogP contribution in [-0.2, 0) is 5.41 Å². The molecular weight excluding hydrogens is 240 g/mol. The van der Waals surface area contributed by atoms with Gasteiger partial charge in [-0.2, -0.15) is 0 Å². The molecule has 3 heteroatoms. The number of carbonyl (C=O) groups is 1. The fourth-order valence-electron chi connectivity index (χ4n) is 1.89. The maximum absolute atomic E-state index is 12.4. The highest BCUT2D eigenvalue weighted by Crippen LogP contribution is 2.29. The first-order valence-electron chi connectivity index (χ1n) is 6.20. The van der Waals surface area contributed by atoms with Gasteiger partial charge in [-0.05, 0) is 35.2 Å². The van der Waals surface area contributed by atoms with E-state index in [1.165, 1.54) is 6.26 Å². The largest absolute Gasteiger partial charge is 0.496 e. The van der Waals surface area contributed by atoms with E-state index in [9.17, 15) is 4.79 Å². The Bertz CT molecular complexity index is 575. The molecular formula is C16H18O3. The predicted octanol–water partition coefficient (Wildman–Crippen LogP) is 3.82. The molecule has 0 amide bonds. The summed E-state index contributed by atoms with van der Waals surface area (Å²) in [5.74, 6) is 0.728. The Hall–Kier alpha value is -2.03. The fraction of sp³-hybridized carbons (Fsp3) is 0.312. The molecule has 100 valence electrons. The fourth-order valence-corrected chi connectivity index (χ4v) is 1.89. The zero-order valence-corrected chi connectivity index (χ0v) is 11.7. The topological polar surface area (TPSA) is 39.4 Å². The third-order valence-corrected chi connectivity index (χ3v) is 3.06. The summed E-state index contributed by atoms with van der Waals surface area (Å²) >= 11 is 0. The summed E-state index contributed by atoms with van der Waals surface area (Å²) in [6, 6.07) is 9.05. The van der Waals surface area contributed by atoms with Crippen LogP contribution in [0.1, 0.15) is 42.5 Å². The number of hydrogen-bond donors (Lipinski definition) is 0. The van der Waals surface area contributed by atoms with Crippen LogP contribution in [0.3, 0.4) is 0 Å². The number of benzene rings is 1. The summed E-state index contributed by atoms with van der Waals surface area (Å²) in [4.78, 5) is 12.4. The van der Waals surface area contributed by atoms with Gasteiger partial charge >= 0.3 is 0 Å². The second-order valence-corrected chi connectivity index (χ2v) is 5.47. The van der Waals surface area contributed by atoms with Gasteiger partial charge in [-0.3, -0.25) is 4.79 Å². The van der Waals surface area contributed by atoms with Crippen LogP contribution in [0.5, 0.6) is 5.75 Å². The molecule has 0 unspecified atom stereocenters. The van der Waals surface area contributed by atoms with Crippen molar-refractivity contribution in [2.75, 3.05) is 7.11 Å². The molecule has 1 heterocycles. The maximum atomic E-state index is 12.4. The molecule has 0 aliphatic carbocycles. The van der Waals surface area contributed by atoms with Crippen molar-refractivity contribution in [3.63, 3.8) is 0 Å². The molecule has 0 N–H and O–H groups in total. The van der Waals surface area contributed by atoms with E-state index in [1.54, 1.807) is 19.2 Å². The van der Waals surface area contributed by atoms with Gasteiger partial charge in [-0.15, -0.1) is 0 Å². The van der Waals surface area contributed by atoms with E-state index in [2.05, 4.69) is 20.8 Å². The van der Waals surface area contributed by atoms with Gasteiger partial charge < -0.3 is 9.15 Å². The SMILES string of the molecule is COc1ccc(C(C)(C)C)cc1C(=O)c1ccco1. The van der Waals surface area contributed by atoms with Crippen molar-refractivity contribution >= 4 is 5.78 Å². The number of hydrogen-bond acceptors (Lipinski definition) is 3. The lowest BCUT2D eigenvalue weighted by atomic mass is 9.85. The average Bonchev–Trinajstić information content (AvgIpc) is 2.90. The van der Waals surface area contributed by atoms with Gasteiger partial charge in [0.05, 0.1) is 18.9 Å². The Morgan fingerprint density at radius 3 is 2.47 bits per heavy atom. The van der Waals surface area contributed by atoms with Crippen LogP contribution in [0.25, 0.3) is 0 Å². The van der Waals surface area contributed by atoms with Crippen LogP contribution in [0, 0.1) is 0 Å². The first-order chi connectivity index (χ1) is 8.93. The smallest absolute Gasteiger partial charge is 0.231 e. The molecule has 0 atom stereocenters. The Morgan fingerprint density at radius 1 is 1.21 bits per heavy atom. The Labute approximate surface area is 113 Å². The number of carbonyl (C=O) groups excluding carboxylic acids is 1. The minimum absolute atomic E-state index is 0.0233. The molecule has 3 nitrogen and oxygen atoms in total. The summed E-state index contributed by atoms with van der Waals surface area (Å²) in [5.41, 5.74) is 1.60. The van der Waals surface area contributed by atoms with Gasteiger partial charge in [0.15, 0.2) is 5.76 Å². The number of methoxy groups -OCH3 is 1. The lowest BCUT2D eigenvalue weighted by molar-refractivity contribution is 0.101. The van der Waals surface area contributed by atoms with E-state index in [-0.39, 0.29) is 11.2 Å². The van der Waals surface area contributed by atoms with Crippen molar-refractivity contribution in [2.24, 2.45) is 0 Å². The van der Waals surface area contributed by atoms with Crippen LogP contribution >= 0.6 is 0 Å². The normalized spacial score (nSPS) is 11.4. The van der Waals surface area contributed by atoms with Gasteiger partial charge in [0.1, 0.15) is 5.75 Å². The second-order valence-electron chi connectivity index (χ2n) is 5.47. The molecule has 0 radical (unpaired) electrons. The minimum atomic E-state index is -0.159. The standard InChI is InChI=1S/C16H18O3/c1-16(2,3)11-7-8-13(18-4)12(10-11)15(17)14-6-5-9-19-14/h5-10H,1-4H3. The quantitative estimate of drug-likeness (QED) is 0.786. The van der Waals surface area contributed by atoms with Crippen molar-refractivity contribution in [1.29, 1.82) is 0 Å². The van der Waals surface area contributed by atoms with Gasteiger partial charge in [0.25, 0.3) is 0 Å². The zero-order valence-electron chi connectivity index (χ0n) is 11.7. The summed E-state index contributed by atoms with van der Waals surface area (Å²) in [6.07, 6.45) is 1.49. The molecule has 0 bridgehead atoms. The highest BCUT2D eigenvalue weighted by molar-refractivity contribution is 6.09. The lowest BCUT2D eigenvalue weighted by Crippen LogP contribution is -2.13. The molecule has 2 aromatic rings. The molecule has 0 aliphatic heterocycles. The molecule has 0 saturated carbocycles. The van der Waals surface area contributed by atoms with E-state index < -0.39 is 0 Å². The molecule has 0 aliphatic rings. The Kier molecular flexibility index (Phi) is 3.47. The number of ether oxygens (including phenoxy) is 1. The van der Waals surface area contributed by atoms with E-state index in [0.29, 0.717) is 17.1 Å². The van der Waals surface area contributed by atoms with Crippen molar-refractivity contribution in [2.45, 2.75) is 26.2 Å². The second kappa shape index (κ2) is 4.92. The summed E-state index contributed by atoms with van der Waals surface area (Å²) in [5, 5.41) is 0. The summed E-state index contributed by atoms with van der Waals surface area (Å²) in [7, 11) is 1.56. The predicted molar refractivity (Wildman–Crippen MR) is 73.8 cm³/mol. The summed E-state index contributed by atoms with van der Waals surface area (Å²) in [6.45, 7) is 6.32. The van der Waals surface area contributed by atoms with Gasteiger partial charge in [0.2, 0.25) is 5.78 Å². The maximum Gasteiger partial charge on any atom is 0.231 e. The van der Waals surface area contributed by atoms with Crippen molar-refractivity contribution in [3.8, 4) is 5.75 Å². The highest BCUT2D eigenvalue weighted by atomic mass is 16.5. The molecule has 1 aromatic heterocycles. The van der Waals surface area contributed by atoms with Crippen LogP contribution in [-0.4, -0.2) is 12.9 Å². The van der Waals surface area contributed by atoms with E-state index in [0.717, 1.165) is 5.56 Å². The molecule has 0 spiro atoms. The number of ketones is 1. The molecule has 0 fully saturated rings. The Morgan fingerprint density at radius 2 is 1.95 bits per heavy atom. The van der Waals surface area contributed by atoms with Crippen LogP contribution < -0.4 is 4.74 Å². The first-order valence-corrected chi connectivity index (χ1v) is 6.20. The Balaban J connectivity index is 2.51.